The molecule has 3 heterocycles. The van der Waals surface area contributed by atoms with Gasteiger partial charge in [-0.25, -0.2) is 15.0 Å². The van der Waals surface area contributed by atoms with E-state index in [1.165, 1.54) is 22.7 Å². The Morgan fingerprint density at radius 1 is 1.35 bits per heavy atom. The zero-order chi connectivity index (χ0) is 16.6. The lowest BCUT2D eigenvalue weighted by atomic mass is 10.2. The number of imidazole rings is 1. The molecule has 3 rings (SSSR count). The van der Waals surface area contributed by atoms with Crippen LogP contribution in [0.15, 0.2) is 18.5 Å². The first-order valence-corrected chi connectivity index (χ1v) is 8.84. The van der Waals surface area contributed by atoms with E-state index in [0.717, 1.165) is 12.1 Å². The number of aromatic nitrogens is 4. The molecule has 2 aromatic rings. The highest BCUT2D eigenvalue weighted by atomic mass is 32.2. The Balaban J connectivity index is 2.01. The number of aryl methyl sites for hydroxylation is 1. The van der Waals surface area contributed by atoms with Gasteiger partial charge in [0, 0.05) is 38.7 Å². The molecule has 1 aliphatic rings. The largest absolute Gasteiger partial charge is 0.343 e. The van der Waals surface area contributed by atoms with Crippen LogP contribution in [0.1, 0.15) is 30.4 Å². The summed E-state index contributed by atoms with van der Waals surface area (Å²) in [6.45, 7) is 2.36. The normalized spacial score (nSPS) is 19.6. The Morgan fingerprint density at radius 3 is 2.78 bits per heavy atom. The van der Waals surface area contributed by atoms with E-state index >= 15 is 0 Å². The predicted molar refractivity (Wildman–Crippen MR) is 85.6 cm³/mol. The van der Waals surface area contributed by atoms with Gasteiger partial charge in [-0.2, -0.15) is 17.0 Å². The van der Waals surface area contributed by atoms with E-state index in [0.29, 0.717) is 30.3 Å². The molecule has 8 nitrogen and oxygen atoms in total. The number of nitrogens with one attached hydrogen (secondary N) is 1. The molecule has 0 radical (unpaired) electrons. The monoisotopic (exact) mass is 336 g/mol. The van der Waals surface area contributed by atoms with Crippen molar-refractivity contribution in [3.05, 3.63) is 30.0 Å². The van der Waals surface area contributed by atoms with Crippen molar-refractivity contribution in [2.24, 2.45) is 0 Å². The Morgan fingerprint density at radius 2 is 2.13 bits per heavy atom. The molecule has 1 saturated heterocycles. The highest BCUT2D eigenvalue weighted by molar-refractivity contribution is 7.86. The van der Waals surface area contributed by atoms with Gasteiger partial charge in [-0.15, -0.1) is 0 Å². The fourth-order valence-corrected chi connectivity index (χ4v) is 4.05. The van der Waals surface area contributed by atoms with Crippen LogP contribution in [-0.4, -0.2) is 57.6 Å². The van der Waals surface area contributed by atoms with E-state index in [2.05, 4.69) is 19.9 Å². The average Bonchev–Trinajstić information content (AvgIpc) is 3.18. The van der Waals surface area contributed by atoms with E-state index in [1.807, 2.05) is 13.0 Å². The van der Waals surface area contributed by atoms with Crippen molar-refractivity contribution in [3.63, 3.8) is 0 Å². The highest BCUT2D eigenvalue weighted by Gasteiger charge is 2.38. The maximum absolute atomic E-state index is 12.5. The maximum Gasteiger partial charge on any atom is 0.282 e. The Bertz CT molecular complexity index is 788. The summed E-state index contributed by atoms with van der Waals surface area (Å²) in [6, 6.07) is 1.50. The van der Waals surface area contributed by atoms with Gasteiger partial charge in [0.1, 0.15) is 11.5 Å². The molecule has 0 spiro atoms. The molecule has 0 amide bonds. The molecule has 0 saturated carbocycles. The lowest BCUT2D eigenvalue weighted by molar-refractivity contribution is 0.352. The third kappa shape index (κ3) is 2.99. The first-order chi connectivity index (χ1) is 10.9. The fourth-order valence-electron chi connectivity index (χ4n) is 2.75. The van der Waals surface area contributed by atoms with Gasteiger partial charge in [-0.1, -0.05) is 0 Å². The van der Waals surface area contributed by atoms with Crippen molar-refractivity contribution in [1.29, 1.82) is 0 Å². The lowest BCUT2D eigenvalue weighted by Gasteiger charge is -2.26. The maximum atomic E-state index is 12.5. The third-order valence-corrected chi connectivity index (χ3v) is 5.82. The van der Waals surface area contributed by atoms with Crippen molar-refractivity contribution in [2.45, 2.75) is 25.8 Å². The summed E-state index contributed by atoms with van der Waals surface area (Å²) in [5, 5.41) is 0. The standard InChI is InChI=1S/C14H20N6O2S/c1-10-9-11(13-15-6-7-16-13)18-14(17-10)12-5-4-8-20(12)23(21,22)19(2)3/h6-7,9,12H,4-5,8H2,1-3H3,(H,15,16)/t12-/m0/s1. The van der Waals surface area contributed by atoms with Crippen LogP contribution in [0.4, 0.5) is 0 Å². The zero-order valence-corrected chi connectivity index (χ0v) is 14.2. The van der Waals surface area contributed by atoms with Crippen LogP contribution in [-0.2, 0) is 10.2 Å². The number of rotatable bonds is 4. The molecule has 0 unspecified atom stereocenters. The lowest BCUT2D eigenvalue weighted by Crippen LogP contribution is -2.40. The van der Waals surface area contributed by atoms with Crippen molar-refractivity contribution >= 4 is 10.2 Å². The van der Waals surface area contributed by atoms with Gasteiger partial charge >= 0.3 is 0 Å². The first kappa shape index (κ1) is 16.0. The summed E-state index contributed by atoms with van der Waals surface area (Å²) in [4.78, 5) is 16.2. The van der Waals surface area contributed by atoms with Crippen LogP contribution in [0.2, 0.25) is 0 Å². The molecule has 1 N–H and O–H groups in total. The second kappa shape index (κ2) is 5.99. The van der Waals surface area contributed by atoms with E-state index in [4.69, 9.17) is 0 Å². The molecule has 23 heavy (non-hydrogen) atoms. The summed E-state index contributed by atoms with van der Waals surface area (Å²) in [7, 11) is -0.415. The number of hydrogen-bond donors (Lipinski definition) is 1. The second-order valence-electron chi connectivity index (χ2n) is 5.75. The molecule has 1 atom stereocenters. The van der Waals surface area contributed by atoms with Gasteiger partial charge < -0.3 is 4.98 Å². The molecule has 0 bridgehead atoms. The molecule has 0 aliphatic carbocycles. The van der Waals surface area contributed by atoms with Crippen LogP contribution < -0.4 is 0 Å². The molecule has 0 aromatic carbocycles. The summed E-state index contributed by atoms with van der Waals surface area (Å²) in [6.07, 6.45) is 4.90. The minimum Gasteiger partial charge on any atom is -0.343 e. The van der Waals surface area contributed by atoms with Crippen LogP contribution in [0.25, 0.3) is 11.5 Å². The second-order valence-corrected chi connectivity index (χ2v) is 7.84. The number of hydrogen-bond acceptors (Lipinski definition) is 5. The van der Waals surface area contributed by atoms with Crippen molar-refractivity contribution in [2.75, 3.05) is 20.6 Å². The average molecular weight is 336 g/mol. The van der Waals surface area contributed by atoms with E-state index in [1.54, 1.807) is 12.4 Å². The SMILES string of the molecule is Cc1cc(-c2ncc[nH]2)nc([C@@H]2CCCN2S(=O)(=O)N(C)C)n1. The summed E-state index contributed by atoms with van der Waals surface area (Å²) in [5.41, 5.74) is 1.46. The predicted octanol–water partition coefficient (Wildman–Crippen LogP) is 1.12. The minimum absolute atomic E-state index is 0.337. The first-order valence-electron chi connectivity index (χ1n) is 7.44. The van der Waals surface area contributed by atoms with Crippen LogP contribution in [0.5, 0.6) is 0 Å². The van der Waals surface area contributed by atoms with Gasteiger partial charge in [0.25, 0.3) is 10.2 Å². The van der Waals surface area contributed by atoms with Gasteiger partial charge in [-0.3, -0.25) is 0 Å². The van der Waals surface area contributed by atoms with Gasteiger partial charge in [0.2, 0.25) is 0 Å². The van der Waals surface area contributed by atoms with Crippen LogP contribution in [0.3, 0.4) is 0 Å². The third-order valence-electron chi connectivity index (χ3n) is 3.87. The molecule has 1 fully saturated rings. The summed E-state index contributed by atoms with van der Waals surface area (Å²) >= 11 is 0. The number of nitrogens with zero attached hydrogens (tertiary/aromatic N) is 5. The molecule has 2 aromatic heterocycles. The minimum atomic E-state index is -3.49. The Labute approximate surface area is 135 Å². The molecule has 124 valence electrons. The molecule has 1 aliphatic heterocycles. The smallest absolute Gasteiger partial charge is 0.282 e. The highest BCUT2D eigenvalue weighted by Crippen LogP contribution is 2.33. The number of H-pyrrole nitrogens is 1. The van der Waals surface area contributed by atoms with Gasteiger partial charge in [-0.05, 0) is 25.8 Å². The van der Waals surface area contributed by atoms with Crippen molar-refractivity contribution in [1.82, 2.24) is 28.5 Å². The van der Waals surface area contributed by atoms with E-state index in [9.17, 15) is 8.42 Å². The quantitative estimate of drug-likeness (QED) is 0.903. The summed E-state index contributed by atoms with van der Waals surface area (Å²) < 4.78 is 27.7. The summed E-state index contributed by atoms with van der Waals surface area (Å²) in [5.74, 6) is 1.18. The van der Waals surface area contributed by atoms with E-state index < -0.39 is 10.2 Å². The molecular formula is C14H20N6O2S. The Hall–Kier alpha value is -1.84. The van der Waals surface area contributed by atoms with Crippen molar-refractivity contribution < 1.29 is 8.42 Å². The zero-order valence-electron chi connectivity index (χ0n) is 13.4. The topological polar surface area (TPSA) is 95.1 Å². The van der Waals surface area contributed by atoms with Crippen LogP contribution >= 0.6 is 0 Å². The van der Waals surface area contributed by atoms with Crippen molar-refractivity contribution in [3.8, 4) is 11.5 Å². The van der Waals surface area contributed by atoms with Crippen LogP contribution in [0, 0.1) is 6.92 Å². The number of aromatic amines is 1. The van der Waals surface area contributed by atoms with Gasteiger partial charge in [0.15, 0.2) is 5.82 Å². The Kier molecular flexibility index (Phi) is 4.17. The fraction of sp³-hybridized carbons (Fsp3) is 0.500. The molecular weight excluding hydrogens is 316 g/mol. The van der Waals surface area contributed by atoms with Gasteiger partial charge in [0.05, 0.1) is 6.04 Å². The molecule has 9 heteroatoms. The van der Waals surface area contributed by atoms with E-state index in [-0.39, 0.29) is 6.04 Å².